The molecule has 39 heavy (non-hydrogen) atoms. The van der Waals surface area contributed by atoms with Gasteiger partial charge < -0.3 is 19.5 Å². The minimum Gasteiger partial charge on any atom is -0.465 e. The van der Waals surface area contributed by atoms with Gasteiger partial charge in [-0.05, 0) is 36.6 Å². The molecule has 0 unspecified atom stereocenters. The van der Waals surface area contributed by atoms with Gasteiger partial charge in [0.15, 0.2) is 0 Å². The van der Waals surface area contributed by atoms with Crippen molar-refractivity contribution in [1.82, 2.24) is 14.7 Å². The van der Waals surface area contributed by atoms with Crippen LogP contribution in [0.4, 0.5) is 18.0 Å². The Balaban J connectivity index is 1.53. The molecule has 3 aromatic rings. The Kier molecular flexibility index (Phi) is 8.72. The minimum atomic E-state index is -4.51. The van der Waals surface area contributed by atoms with Gasteiger partial charge in [0.2, 0.25) is 0 Å². The maximum Gasteiger partial charge on any atom is 0.416 e. The van der Waals surface area contributed by atoms with Crippen LogP contribution in [0.15, 0.2) is 48.7 Å². The number of halogens is 3. The predicted molar refractivity (Wildman–Crippen MR) is 145 cm³/mol. The SMILES string of the molecule is C[Si](C)(C)CCOCn1cc2cc(C(F)(F)F)cc(COCC3(c4ccccc4)CCN(C(=O)O)CC3)c2n1. The second-order valence-corrected chi connectivity index (χ2v) is 17.1. The molecular weight excluding hydrogens is 527 g/mol. The number of rotatable bonds is 10. The maximum atomic E-state index is 13.7. The zero-order chi connectivity index (χ0) is 28.3. The lowest BCUT2D eigenvalue weighted by molar-refractivity contribution is -0.137. The highest BCUT2D eigenvalue weighted by Crippen LogP contribution is 2.37. The first kappa shape index (κ1) is 29.1. The lowest BCUT2D eigenvalue weighted by Gasteiger charge is -2.41. The fraction of sp³-hybridized carbons (Fsp3) is 0.500. The van der Waals surface area contributed by atoms with E-state index in [9.17, 15) is 23.1 Å². The van der Waals surface area contributed by atoms with Gasteiger partial charge in [0.05, 0.1) is 24.3 Å². The summed E-state index contributed by atoms with van der Waals surface area (Å²) >= 11 is 0. The highest BCUT2D eigenvalue weighted by Gasteiger charge is 2.38. The van der Waals surface area contributed by atoms with Crippen LogP contribution < -0.4 is 0 Å². The molecule has 11 heteroatoms. The van der Waals surface area contributed by atoms with Crippen molar-refractivity contribution in [3.8, 4) is 0 Å². The molecule has 1 saturated heterocycles. The van der Waals surface area contributed by atoms with E-state index in [0.717, 1.165) is 23.7 Å². The number of amides is 1. The van der Waals surface area contributed by atoms with Gasteiger partial charge >= 0.3 is 12.3 Å². The number of alkyl halides is 3. The van der Waals surface area contributed by atoms with E-state index in [0.29, 0.717) is 49.0 Å². The van der Waals surface area contributed by atoms with Gasteiger partial charge in [0, 0.05) is 50.3 Å². The fourth-order valence-electron chi connectivity index (χ4n) is 4.92. The zero-order valence-electron chi connectivity index (χ0n) is 22.6. The summed E-state index contributed by atoms with van der Waals surface area (Å²) in [5.41, 5.74) is 0.653. The molecule has 2 aromatic carbocycles. The molecule has 4 rings (SSSR count). The molecule has 0 radical (unpaired) electrons. The van der Waals surface area contributed by atoms with E-state index in [1.54, 1.807) is 6.20 Å². The van der Waals surface area contributed by atoms with Crippen LogP contribution in [0.2, 0.25) is 25.7 Å². The van der Waals surface area contributed by atoms with Crippen molar-refractivity contribution in [3.63, 3.8) is 0 Å². The van der Waals surface area contributed by atoms with Crippen LogP contribution in [-0.4, -0.2) is 60.3 Å². The smallest absolute Gasteiger partial charge is 0.416 e. The summed E-state index contributed by atoms with van der Waals surface area (Å²) in [6.07, 6.45) is -2.76. The van der Waals surface area contributed by atoms with E-state index in [4.69, 9.17) is 9.47 Å². The largest absolute Gasteiger partial charge is 0.465 e. The molecule has 1 aromatic heterocycles. The molecule has 1 amide bonds. The summed E-state index contributed by atoms with van der Waals surface area (Å²) < 4.78 is 54.6. The van der Waals surface area contributed by atoms with E-state index in [1.807, 2.05) is 30.3 Å². The Morgan fingerprint density at radius 3 is 2.41 bits per heavy atom. The number of piperidine rings is 1. The monoisotopic (exact) mass is 563 g/mol. The van der Waals surface area contributed by atoms with E-state index < -0.39 is 31.3 Å². The van der Waals surface area contributed by atoms with Crippen molar-refractivity contribution in [2.75, 3.05) is 26.3 Å². The van der Waals surface area contributed by atoms with Crippen molar-refractivity contribution in [2.45, 2.75) is 63.5 Å². The molecule has 1 aliphatic heterocycles. The molecule has 0 bridgehead atoms. The number of benzene rings is 2. The van der Waals surface area contributed by atoms with Gasteiger partial charge in [-0.1, -0.05) is 50.0 Å². The third kappa shape index (κ3) is 7.40. The molecule has 0 saturated carbocycles. The van der Waals surface area contributed by atoms with Crippen LogP contribution in [0.1, 0.15) is 29.5 Å². The third-order valence-corrected chi connectivity index (χ3v) is 9.00. The number of likely N-dealkylation sites (tertiary alicyclic amines) is 1. The lowest BCUT2D eigenvalue weighted by Crippen LogP contribution is -2.47. The molecule has 0 aliphatic carbocycles. The van der Waals surface area contributed by atoms with Crippen LogP contribution >= 0.6 is 0 Å². The summed E-state index contributed by atoms with van der Waals surface area (Å²) in [6.45, 7) is 8.43. The Morgan fingerprint density at radius 2 is 1.79 bits per heavy atom. The molecular formula is C28H36F3N3O4Si. The fourth-order valence-corrected chi connectivity index (χ4v) is 5.68. The first-order valence-electron chi connectivity index (χ1n) is 13.1. The molecule has 1 N–H and O–H groups in total. The molecule has 1 fully saturated rings. The maximum absolute atomic E-state index is 13.7. The first-order chi connectivity index (χ1) is 18.4. The highest BCUT2D eigenvalue weighted by molar-refractivity contribution is 6.76. The predicted octanol–water partition coefficient (Wildman–Crippen LogP) is 6.60. The number of fused-ring (bicyclic) bond motifs is 1. The van der Waals surface area contributed by atoms with Crippen molar-refractivity contribution < 1.29 is 32.5 Å². The van der Waals surface area contributed by atoms with E-state index in [2.05, 4.69) is 24.7 Å². The Hall–Kier alpha value is -2.89. The summed E-state index contributed by atoms with van der Waals surface area (Å²) in [5, 5.41) is 14.3. The van der Waals surface area contributed by atoms with Gasteiger partial charge in [0.1, 0.15) is 6.73 Å². The number of carbonyl (C=O) groups is 1. The number of hydrogen-bond donors (Lipinski definition) is 1. The van der Waals surface area contributed by atoms with Crippen molar-refractivity contribution >= 4 is 25.1 Å². The summed E-state index contributed by atoms with van der Waals surface area (Å²) in [5.74, 6) is 0. The number of ether oxygens (including phenoxy) is 2. The minimum absolute atomic E-state index is 0.0505. The molecule has 0 spiro atoms. The van der Waals surface area contributed by atoms with E-state index >= 15 is 0 Å². The number of nitrogens with zero attached hydrogens (tertiary/aromatic N) is 3. The molecule has 212 valence electrons. The van der Waals surface area contributed by atoms with Gasteiger partial charge in [-0.25, -0.2) is 9.48 Å². The van der Waals surface area contributed by atoms with Gasteiger partial charge in [-0.3, -0.25) is 0 Å². The van der Waals surface area contributed by atoms with Gasteiger partial charge in [0.25, 0.3) is 0 Å². The second kappa shape index (κ2) is 11.7. The molecule has 1 aliphatic rings. The van der Waals surface area contributed by atoms with Crippen LogP contribution in [0.3, 0.4) is 0 Å². The van der Waals surface area contributed by atoms with Crippen LogP contribution in [0.25, 0.3) is 10.9 Å². The Morgan fingerprint density at radius 1 is 1.10 bits per heavy atom. The lowest BCUT2D eigenvalue weighted by atomic mass is 9.73. The van der Waals surface area contributed by atoms with Gasteiger partial charge in [-0.2, -0.15) is 18.3 Å². The first-order valence-corrected chi connectivity index (χ1v) is 16.8. The highest BCUT2D eigenvalue weighted by atomic mass is 28.3. The van der Waals surface area contributed by atoms with Crippen LogP contribution in [-0.2, 0) is 34.4 Å². The Labute approximate surface area is 227 Å². The van der Waals surface area contributed by atoms with Crippen molar-refractivity contribution in [2.24, 2.45) is 0 Å². The molecule has 0 atom stereocenters. The average molecular weight is 564 g/mol. The standard InChI is InChI=1S/C28H36F3N3O4Si/c1-39(2,3)14-13-37-20-34-17-21-15-24(28(29,30)31)16-22(25(21)32-34)18-38-19-27(23-7-5-4-6-8-23)9-11-33(12-10-27)26(35)36/h4-8,15-17H,9-14,18-20H2,1-3H3,(H,35,36). The topological polar surface area (TPSA) is 76.8 Å². The Bertz CT molecular complexity index is 1270. The summed E-state index contributed by atoms with van der Waals surface area (Å²) in [6, 6.07) is 12.9. The number of hydrogen-bond acceptors (Lipinski definition) is 4. The average Bonchev–Trinajstić information content (AvgIpc) is 3.29. The summed E-state index contributed by atoms with van der Waals surface area (Å²) in [7, 11) is -1.26. The quantitative estimate of drug-likeness (QED) is 0.222. The van der Waals surface area contributed by atoms with Crippen LogP contribution in [0, 0.1) is 0 Å². The van der Waals surface area contributed by atoms with Gasteiger partial charge in [-0.15, -0.1) is 0 Å². The van der Waals surface area contributed by atoms with E-state index in [1.165, 1.54) is 9.58 Å². The molecule has 2 heterocycles. The summed E-state index contributed by atoms with van der Waals surface area (Å²) in [4.78, 5) is 12.8. The van der Waals surface area contributed by atoms with Crippen molar-refractivity contribution in [3.05, 3.63) is 65.4 Å². The second-order valence-electron chi connectivity index (χ2n) is 11.5. The number of carboxylic acid groups (broad SMARTS) is 1. The molecule has 7 nitrogen and oxygen atoms in total. The van der Waals surface area contributed by atoms with Crippen molar-refractivity contribution in [1.29, 1.82) is 0 Å². The zero-order valence-corrected chi connectivity index (χ0v) is 23.6. The normalized spacial score (nSPS) is 16.1. The van der Waals surface area contributed by atoms with E-state index in [-0.39, 0.29) is 19.9 Å². The number of aromatic nitrogens is 2. The van der Waals surface area contributed by atoms with Crippen LogP contribution in [0.5, 0.6) is 0 Å². The third-order valence-electron chi connectivity index (χ3n) is 7.30.